The number of carbonyl (C=O) groups is 1. The van der Waals surface area contributed by atoms with Crippen LogP contribution in [-0.4, -0.2) is 47.3 Å². The summed E-state index contributed by atoms with van der Waals surface area (Å²) in [6.07, 6.45) is -4.20. The summed E-state index contributed by atoms with van der Waals surface area (Å²) >= 11 is 0. The van der Waals surface area contributed by atoms with Crippen LogP contribution in [0.1, 0.15) is 32.3 Å². The molecule has 33 heavy (non-hydrogen) atoms. The zero-order valence-corrected chi connectivity index (χ0v) is 18.5. The van der Waals surface area contributed by atoms with Gasteiger partial charge in [-0.25, -0.2) is 4.39 Å². The van der Waals surface area contributed by atoms with E-state index >= 15 is 0 Å². The number of hydrogen-bond donors (Lipinski definition) is 2. The topological polar surface area (TPSA) is 61.8 Å². The molecule has 2 atom stereocenters. The summed E-state index contributed by atoms with van der Waals surface area (Å²) in [4.78, 5) is 14.3. The van der Waals surface area contributed by atoms with Crippen LogP contribution in [-0.2, 0) is 11.0 Å². The number of likely N-dealkylation sites (tertiary alicyclic amines) is 1. The molecule has 2 aromatic carbocycles. The van der Waals surface area contributed by atoms with E-state index in [4.69, 9.17) is 4.74 Å². The van der Waals surface area contributed by atoms with Gasteiger partial charge >= 0.3 is 6.18 Å². The van der Waals surface area contributed by atoms with Crippen molar-refractivity contribution in [1.29, 1.82) is 0 Å². The molecule has 0 aromatic heterocycles. The lowest BCUT2D eigenvalue weighted by Gasteiger charge is -2.45. The SMILES string of the molecule is CC(C)C[C@]1(O)CCN(CC(=O)Nc2ccc(C(F)(F)F)cc2)C[C@@H]1Oc1ccc(F)cc1. The van der Waals surface area contributed by atoms with Crippen LogP contribution in [0.2, 0.25) is 0 Å². The Hall–Kier alpha value is -2.65. The Labute approximate surface area is 190 Å². The highest BCUT2D eigenvalue weighted by atomic mass is 19.4. The van der Waals surface area contributed by atoms with Gasteiger partial charge in [0, 0.05) is 18.8 Å². The van der Waals surface area contributed by atoms with Crippen molar-refractivity contribution in [2.75, 3.05) is 25.0 Å². The van der Waals surface area contributed by atoms with Gasteiger partial charge in [0.25, 0.3) is 0 Å². The zero-order chi connectivity index (χ0) is 24.2. The third-order valence-corrected chi connectivity index (χ3v) is 5.60. The van der Waals surface area contributed by atoms with Crippen molar-refractivity contribution in [3.8, 4) is 5.75 Å². The average molecular weight is 468 g/mol. The van der Waals surface area contributed by atoms with Gasteiger partial charge in [0.2, 0.25) is 5.91 Å². The molecule has 0 bridgehead atoms. The maximum atomic E-state index is 13.2. The first-order valence-corrected chi connectivity index (χ1v) is 10.8. The predicted molar refractivity (Wildman–Crippen MR) is 116 cm³/mol. The number of hydrogen-bond acceptors (Lipinski definition) is 4. The minimum Gasteiger partial charge on any atom is -0.486 e. The van der Waals surface area contributed by atoms with Gasteiger partial charge in [0.1, 0.15) is 23.3 Å². The number of nitrogens with one attached hydrogen (secondary N) is 1. The Kier molecular flexibility index (Phi) is 7.64. The minimum absolute atomic E-state index is 0.0118. The van der Waals surface area contributed by atoms with E-state index in [2.05, 4.69) is 5.32 Å². The van der Waals surface area contributed by atoms with Crippen LogP contribution >= 0.6 is 0 Å². The van der Waals surface area contributed by atoms with E-state index in [0.29, 0.717) is 25.1 Å². The fourth-order valence-corrected chi connectivity index (χ4v) is 4.06. The summed E-state index contributed by atoms with van der Waals surface area (Å²) in [5.41, 5.74) is -1.63. The Morgan fingerprint density at radius 3 is 2.39 bits per heavy atom. The van der Waals surface area contributed by atoms with Gasteiger partial charge in [-0.05, 0) is 67.3 Å². The highest BCUT2D eigenvalue weighted by Crippen LogP contribution is 2.33. The molecule has 1 amide bonds. The number of ether oxygens (including phenoxy) is 1. The number of aliphatic hydroxyl groups is 1. The van der Waals surface area contributed by atoms with Crippen LogP contribution in [0.15, 0.2) is 48.5 Å². The van der Waals surface area contributed by atoms with Crippen molar-refractivity contribution in [3.05, 3.63) is 59.9 Å². The Balaban J connectivity index is 1.64. The lowest BCUT2D eigenvalue weighted by atomic mass is 9.81. The second kappa shape index (κ2) is 10.1. The average Bonchev–Trinajstić information content (AvgIpc) is 2.71. The Bertz CT molecular complexity index is 932. The van der Waals surface area contributed by atoms with Crippen molar-refractivity contribution in [2.24, 2.45) is 5.92 Å². The number of anilines is 1. The molecule has 9 heteroatoms. The van der Waals surface area contributed by atoms with Crippen LogP contribution in [0, 0.1) is 11.7 Å². The van der Waals surface area contributed by atoms with E-state index < -0.39 is 29.3 Å². The lowest BCUT2D eigenvalue weighted by molar-refractivity contribution is -0.137. The first kappa shape index (κ1) is 25.0. The van der Waals surface area contributed by atoms with Crippen LogP contribution in [0.3, 0.4) is 0 Å². The molecule has 5 nitrogen and oxygen atoms in total. The Morgan fingerprint density at radius 1 is 1.18 bits per heavy atom. The van der Waals surface area contributed by atoms with E-state index in [0.717, 1.165) is 12.1 Å². The first-order valence-electron chi connectivity index (χ1n) is 10.8. The maximum absolute atomic E-state index is 13.2. The van der Waals surface area contributed by atoms with Crippen molar-refractivity contribution >= 4 is 11.6 Å². The van der Waals surface area contributed by atoms with Crippen molar-refractivity contribution in [2.45, 2.75) is 44.6 Å². The highest BCUT2D eigenvalue weighted by molar-refractivity contribution is 5.92. The van der Waals surface area contributed by atoms with Crippen molar-refractivity contribution in [1.82, 2.24) is 4.90 Å². The van der Waals surface area contributed by atoms with Crippen LogP contribution in [0.25, 0.3) is 0 Å². The number of nitrogens with zero attached hydrogens (tertiary/aromatic N) is 1. The molecule has 0 aliphatic carbocycles. The molecule has 0 saturated carbocycles. The largest absolute Gasteiger partial charge is 0.486 e. The monoisotopic (exact) mass is 468 g/mol. The molecule has 1 heterocycles. The fourth-order valence-electron chi connectivity index (χ4n) is 4.06. The van der Waals surface area contributed by atoms with Crippen molar-refractivity contribution < 1.29 is 32.2 Å². The summed E-state index contributed by atoms with van der Waals surface area (Å²) in [7, 11) is 0. The molecule has 3 rings (SSSR count). The van der Waals surface area contributed by atoms with E-state index in [1.165, 1.54) is 36.4 Å². The number of rotatable bonds is 7. The summed E-state index contributed by atoms with van der Waals surface area (Å²) in [5.74, 6) is -0.155. The molecule has 0 spiro atoms. The number of amides is 1. The van der Waals surface area contributed by atoms with Gasteiger partial charge in [0.15, 0.2) is 0 Å². The van der Waals surface area contributed by atoms with Gasteiger partial charge in [-0.15, -0.1) is 0 Å². The van der Waals surface area contributed by atoms with Crippen LogP contribution < -0.4 is 10.1 Å². The van der Waals surface area contributed by atoms with Gasteiger partial charge in [-0.2, -0.15) is 13.2 Å². The number of benzene rings is 2. The molecule has 180 valence electrons. The molecule has 1 aliphatic heterocycles. The number of halogens is 4. The Morgan fingerprint density at radius 2 is 1.82 bits per heavy atom. The van der Waals surface area contributed by atoms with Gasteiger partial charge in [-0.3, -0.25) is 9.69 Å². The van der Waals surface area contributed by atoms with Crippen molar-refractivity contribution in [3.63, 3.8) is 0 Å². The van der Waals surface area contributed by atoms with E-state index in [9.17, 15) is 27.5 Å². The first-order chi connectivity index (χ1) is 15.4. The molecule has 1 aliphatic rings. The summed E-state index contributed by atoms with van der Waals surface area (Å²) in [5, 5.41) is 13.9. The predicted octanol–water partition coefficient (Wildman–Crippen LogP) is 4.71. The molecular formula is C24H28F4N2O3. The highest BCUT2D eigenvalue weighted by Gasteiger charge is 2.44. The van der Waals surface area contributed by atoms with Crippen LogP contribution in [0.5, 0.6) is 5.75 Å². The molecule has 2 N–H and O–H groups in total. The third kappa shape index (κ3) is 6.91. The number of piperidine rings is 1. The summed E-state index contributed by atoms with van der Waals surface area (Å²) in [6, 6.07) is 9.76. The molecule has 0 radical (unpaired) electrons. The number of alkyl halides is 3. The van der Waals surface area contributed by atoms with Gasteiger partial charge in [-0.1, -0.05) is 13.8 Å². The zero-order valence-electron chi connectivity index (χ0n) is 18.5. The molecule has 0 unspecified atom stereocenters. The summed E-state index contributed by atoms with van der Waals surface area (Å²) < 4.78 is 57.3. The second-order valence-electron chi connectivity index (χ2n) is 8.87. The van der Waals surface area contributed by atoms with E-state index in [1.54, 1.807) is 0 Å². The third-order valence-electron chi connectivity index (χ3n) is 5.60. The summed E-state index contributed by atoms with van der Waals surface area (Å²) in [6.45, 7) is 4.70. The van der Waals surface area contributed by atoms with Crippen LogP contribution in [0.4, 0.5) is 23.2 Å². The van der Waals surface area contributed by atoms with E-state index in [1.807, 2.05) is 18.7 Å². The fraction of sp³-hybridized carbons (Fsp3) is 0.458. The second-order valence-corrected chi connectivity index (χ2v) is 8.87. The lowest BCUT2D eigenvalue weighted by Crippen LogP contribution is -2.59. The van der Waals surface area contributed by atoms with Gasteiger partial charge < -0.3 is 15.2 Å². The smallest absolute Gasteiger partial charge is 0.416 e. The van der Waals surface area contributed by atoms with Gasteiger partial charge in [0.05, 0.1) is 12.1 Å². The molecule has 1 fully saturated rings. The standard InChI is InChI=1S/C24H28F4N2O3/c1-16(2)13-23(32)11-12-30(14-21(23)33-20-9-5-18(25)6-10-20)15-22(31)29-19-7-3-17(4-8-19)24(26,27)28/h3-10,16,21,32H,11-15H2,1-2H3,(H,29,31)/t21-,23+/m0/s1. The molecule has 1 saturated heterocycles. The van der Waals surface area contributed by atoms with E-state index in [-0.39, 0.29) is 30.6 Å². The maximum Gasteiger partial charge on any atom is 0.416 e. The molecular weight excluding hydrogens is 440 g/mol. The molecule has 2 aromatic rings. The number of carbonyl (C=O) groups excluding carboxylic acids is 1. The normalized spacial score (nSPS) is 21.8. The minimum atomic E-state index is -4.44. The quantitative estimate of drug-likeness (QED) is 0.578.